The molecule has 2 amide bonds. The van der Waals surface area contributed by atoms with Crippen LogP contribution in [0.25, 0.3) is 11.3 Å². The molecule has 1 saturated heterocycles. The molecule has 1 fully saturated rings. The van der Waals surface area contributed by atoms with Gasteiger partial charge in [-0.25, -0.2) is 0 Å². The number of carbonyl (C=O) groups excluding carboxylic acids is 2. The van der Waals surface area contributed by atoms with Crippen LogP contribution in [0.15, 0.2) is 28.8 Å². The van der Waals surface area contributed by atoms with Crippen molar-refractivity contribution >= 4 is 11.8 Å². The Labute approximate surface area is 137 Å². The van der Waals surface area contributed by atoms with Gasteiger partial charge in [-0.15, -0.1) is 0 Å². The van der Waals surface area contributed by atoms with Gasteiger partial charge in [-0.1, -0.05) is 5.16 Å². The minimum absolute atomic E-state index is 0.0957. The van der Waals surface area contributed by atoms with Crippen molar-refractivity contribution in [2.45, 2.75) is 25.4 Å². The lowest BCUT2D eigenvalue weighted by Gasteiger charge is -2.09. The van der Waals surface area contributed by atoms with E-state index in [0.717, 1.165) is 5.56 Å². The second kappa shape index (κ2) is 5.88. The van der Waals surface area contributed by atoms with E-state index >= 15 is 0 Å². The second-order valence-corrected chi connectivity index (χ2v) is 5.63. The smallest absolute Gasteiger partial charge is 0.242 e. The lowest BCUT2D eigenvalue weighted by atomic mass is 10.1. The number of ether oxygens (including phenoxy) is 2. The highest BCUT2D eigenvalue weighted by Gasteiger charge is 2.27. The molecule has 124 valence electrons. The molecule has 2 aliphatic heterocycles. The third kappa shape index (κ3) is 2.78. The summed E-state index contributed by atoms with van der Waals surface area (Å²) in [6, 6.07) is 6.77. The maximum absolute atomic E-state index is 12.0. The van der Waals surface area contributed by atoms with Gasteiger partial charge in [0, 0.05) is 18.1 Å². The molecular formula is C16H15N3O5. The first-order valence-corrected chi connectivity index (χ1v) is 7.62. The van der Waals surface area contributed by atoms with E-state index in [2.05, 4.69) is 15.8 Å². The molecule has 8 heteroatoms. The van der Waals surface area contributed by atoms with E-state index in [1.54, 1.807) is 6.07 Å². The summed E-state index contributed by atoms with van der Waals surface area (Å²) in [5.74, 6) is 1.63. The van der Waals surface area contributed by atoms with Crippen LogP contribution in [-0.4, -0.2) is 29.8 Å². The molecule has 0 saturated carbocycles. The maximum atomic E-state index is 12.0. The summed E-state index contributed by atoms with van der Waals surface area (Å²) >= 11 is 0. The van der Waals surface area contributed by atoms with Gasteiger partial charge in [0.2, 0.25) is 18.6 Å². The van der Waals surface area contributed by atoms with Crippen LogP contribution in [0.1, 0.15) is 18.5 Å². The topological polar surface area (TPSA) is 103 Å². The fourth-order valence-electron chi connectivity index (χ4n) is 2.69. The van der Waals surface area contributed by atoms with Gasteiger partial charge in [-0.3, -0.25) is 9.59 Å². The van der Waals surface area contributed by atoms with Gasteiger partial charge in [0.05, 0.1) is 6.54 Å². The Morgan fingerprint density at radius 1 is 1.29 bits per heavy atom. The van der Waals surface area contributed by atoms with Gasteiger partial charge in [0.1, 0.15) is 11.7 Å². The fraction of sp³-hybridized carbons (Fsp3) is 0.312. The number of benzene rings is 1. The maximum Gasteiger partial charge on any atom is 0.242 e. The Kier molecular flexibility index (Phi) is 3.56. The first-order chi connectivity index (χ1) is 11.7. The second-order valence-electron chi connectivity index (χ2n) is 5.63. The largest absolute Gasteiger partial charge is 0.454 e. The predicted octanol–water partition coefficient (Wildman–Crippen LogP) is 0.965. The van der Waals surface area contributed by atoms with Crippen molar-refractivity contribution in [3.8, 4) is 22.8 Å². The van der Waals surface area contributed by atoms with Gasteiger partial charge >= 0.3 is 0 Å². The lowest BCUT2D eigenvalue weighted by Crippen LogP contribution is -2.41. The van der Waals surface area contributed by atoms with Crippen molar-refractivity contribution in [2.75, 3.05) is 6.79 Å². The van der Waals surface area contributed by atoms with Crippen LogP contribution in [0.2, 0.25) is 0 Å². The Bertz CT molecular complexity index is 801. The monoisotopic (exact) mass is 329 g/mol. The van der Waals surface area contributed by atoms with Crippen LogP contribution in [0.3, 0.4) is 0 Å². The summed E-state index contributed by atoms with van der Waals surface area (Å²) in [6.45, 7) is 0.448. The molecular weight excluding hydrogens is 314 g/mol. The molecule has 0 unspecified atom stereocenters. The van der Waals surface area contributed by atoms with Crippen molar-refractivity contribution in [3.05, 3.63) is 30.0 Å². The van der Waals surface area contributed by atoms with Crippen LogP contribution in [-0.2, 0) is 16.1 Å². The van der Waals surface area contributed by atoms with Crippen molar-refractivity contribution in [1.82, 2.24) is 15.8 Å². The summed E-state index contributed by atoms with van der Waals surface area (Å²) in [5.41, 5.74) is 1.41. The molecule has 2 N–H and O–H groups in total. The van der Waals surface area contributed by atoms with E-state index in [0.29, 0.717) is 35.8 Å². The minimum atomic E-state index is -0.460. The Hall–Kier alpha value is -3.03. The summed E-state index contributed by atoms with van der Waals surface area (Å²) in [4.78, 5) is 23.1. The number of carbonyl (C=O) groups is 2. The number of fused-ring (bicyclic) bond motifs is 1. The van der Waals surface area contributed by atoms with E-state index in [9.17, 15) is 9.59 Å². The number of aromatic nitrogens is 1. The first kappa shape index (κ1) is 14.6. The Morgan fingerprint density at radius 2 is 2.17 bits per heavy atom. The molecule has 3 heterocycles. The highest BCUT2D eigenvalue weighted by molar-refractivity contribution is 5.90. The molecule has 0 spiro atoms. The van der Waals surface area contributed by atoms with Crippen molar-refractivity contribution in [2.24, 2.45) is 0 Å². The molecule has 2 aliphatic rings. The molecule has 4 rings (SSSR count). The first-order valence-electron chi connectivity index (χ1n) is 7.62. The quantitative estimate of drug-likeness (QED) is 0.866. The fourth-order valence-corrected chi connectivity index (χ4v) is 2.69. The van der Waals surface area contributed by atoms with E-state index in [-0.39, 0.29) is 25.2 Å². The van der Waals surface area contributed by atoms with E-state index in [1.807, 2.05) is 18.2 Å². The zero-order valence-electron chi connectivity index (χ0n) is 12.7. The van der Waals surface area contributed by atoms with Gasteiger partial charge in [-0.05, 0) is 24.6 Å². The number of rotatable bonds is 4. The molecule has 1 aromatic carbocycles. The number of nitrogens with zero attached hydrogens (tertiary/aromatic N) is 1. The van der Waals surface area contributed by atoms with Crippen LogP contribution < -0.4 is 20.1 Å². The highest BCUT2D eigenvalue weighted by Crippen LogP contribution is 2.35. The van der Waals surface area contributed by atoms with Crippen LogP contribution in [0.5, 0.6) is 11.5 Å². The minimum Gasteiger partial charge on any atom is -0.454 e. The number of hydrogen-bond donors (Lipinski definition) is 2. The third-order valence-electron chi connectivity index (χ3n) is 3.97. The SMILES string of the molecule is O=C1CC[C@H](C(=O)NCc2cc(-c3ccc4c(c3)OCO4)on2)N1. The molecule has 1 atom stereocenters. The Balaban J connectivity index is 1.40. The molecule has 0 bridgehead atoms. The predicted molar refractivity (Wildman–Crippen MR) is 81.1 cm³/mol. The van der Waals surface area contributed by atoms with Crippen molar-refractivity contribution in [1.29, 1.82) is 0 Å². The van der Waals surface area contributed by atoms with Crippen LogP contribution in [0.4, 0.5) is 0 Å². The van der Waals surface area contributed by atoms with Crippen molar-refractivity contribution in [3.63, 3.8) is 0 Å². The number of nitrogens with one attached hydrogen (secondary N) is 2. The summed E-state index contributed by atoms with van der Waals surface area (Å²) in [6.07, 6.45) is 0.905. The molecule has 0 radical (unpaired) electrons. The molecule has 24 heavy (non-hydrogen) atoms. The Morgan fingerprint density at radius 3 is 3.00 bits per heavy atom. The zero-order chi connectivity index (χ0) is 16.5. The number of hydrogen-bond acceptors (Lipinski definition) is 6. The van der Waals surface area contributed by atoms with Crippen LogP contribution in [0, 0.1) is 0 Å². The van der Waals surface area contributed by atoms with Gasteiger partial charge in [0.15, 0.2) is 17.3 Å². The van der Waals surface area contributed by atoms with Gasteiger partial charge in [-0.2, -0.15) is 0 Å². The van der Waals surface area contributed by atoms with E-state index in [1.165, 1.54) is 0 Å². The average Bonchev–Trinajstić information content (AvgIpc) is 3.32. The normalized spacial score (nSPS) is 18.5. The number of amides is 2. The van der Waals surface area contributed by atoms with Crippen LogP contribution >= 0.6 is 0 Å². The average molecular weight is 329 g/mol. The molecule has 2 aromatic rings. The van der Waals surface area contributed by atoms with Gasteiger partial charge in [0.25, 0.3) is 0 Å². The van der Waals surface area contributed by atoms with E-state index < -0.39 is 6.04 Å². The summed E-state index contributed by atoms with van der Waals surface area (Å²) in [7, 11) is 0. The zero-order valence-corrected chi connectivity index (χ0v) is 12.7. The van der Waals surface area contributed by atoms with E-state index in [4.69, 9.17) is 14.0 Å². The van der Waals surface area contributed by atoms with Crippen molar-refractivity contribution < 1.29 is 23.6 Å². The lowest BCUT2D eigenvalue weighted by molar-refractivity contribution is -0.125. The molecule has 8 nitrogen and oxygen atoms in total. The summed E-state index contributed by atoms with van der Waals surface area (Å²) < 4.78 is 15.9. The molecule has 1 aromatic heterocycles. The van der Waals surface area contributed by atoms with Gasteiger partial charge < -0.3 is 24.6 Å². The third-order valence-corrected chi connectivity index (χ3v) is 3.97. The molecule has 0 aliphatic carbocycles. The highest BCUT2D eigenvalue weighted by atomic mass is 16.7. The standard InChI is InChI=1S/C16H15N3O5/c20-15-4-2-11(18-15)16(21)17-7-10-6-13(24-19-10)9-1-3-12-14(5-9)23-8-22-12/h1,3,5-6,11H,2,4,7-8H2,(H,17,21)(H,18,20)/t11-/m1/s1. The summed E-state index contributed by atoms with van der Waals surface area (Å²) in [5, 5.41) is 9.32.